The molecule has 0 N–H and O–H groups in total. The molecule has 292 valence electrons. The van der Waals surface area contributed by atoms with Crippen molar-refractivity contribution < 1.29 is 17.8 Å². The molecule has 0 radical (unpaired) electrons. The zero-order valence-electron chi connectivity index (χ0n) is 33.5. The molecule has 12 aromatic rings. The molecule has 4 heterocycles. The molecule has 0 aliphatic heterocycles. The third-order valence-electron chi connectivity index (χ3n) is 11.6. The van der Waals surface area contributed by atoms with Gasteiger partial charge in [-0.25, -0.2) is 0 Å². The summed E-state index contributed by atoms with van der Waals surface area (Å²) in [6.45, 7) is 4.00. The van der Waals surface area contributed by atoms with Crippen molar-refractivity contribution in [2.24, 2.45) is 0 Å². The summed E-state index contributed by atoms with van der Waals surface area (Å²) in [4.78, 5) is 4.64. The predicted molar refractivity (Wildman–Crippen MR) is 253 cm³/mol. The van der Waals surface area contributed by atoms with Gasteiger partial charge in [0.25, 0.3) is 0 Å². The van der Waals surface area contributed by atoms with Crippen LogP contribution in [-0.4, -0.2) is 4.98 Å². The molecule has 4 aromatic heterocycles. The van der Waals surface area contributed by atoms with E-state index in [0.717, 1.165) is 110 Å². The van der Waals surface area contributed by atoms with Gasteiger partial charge in [-0.3, -0.25) is 4.98 Å². The molecule has 0 bridgehead atoms. The molecule has 8 aromatic carbocycles. The van der Waals surface area contributed by atoms with Crippen molar-refractivity contribution in [2.45, 2.75) is 13.8 Å². The minimum Gasteiger partial charge on any atom is -0.456 e. The lowest BCUT2D eigenvalue weighted by atomic mass is 9.98. The second-order valence-corrected chi connectivity index (χ2v) is 17.8. The van der Waals surface area contributed by atoms with Crippen LogP contribution in [0.1, 0.15) is 13.8 Å². The number of nitrogens with zero attached hydrogens (tertiary/aromatic N) is 1. The topological polar surface area (TPSA) is 69.4 Å². The Labute approximate surface area is 351 Å². The van der Waals surface area contributed by atoms with Crippen LogP contribution in [0.25, 0.3) is 99.2 Å². The number of aromatic nitrogens is 1. The third kappa shape index (κ3) is 6.08. The Morgan fingerprint density at radius 1 is 0.328 bits per heavy atom. The van der Waals surface area contributed by atoms with Crippen molar-refractivity contribution in [1.29, 1.82) is 0 Å². The fourth-order valence-electron chi connectivity index (χ4n) is 8.66. The van der Waals surface area contributed by atoms with E-state index >= 15 is 4.57 Å². The van der Waals surface area contributed by atoms with Crippen molar-refractivity contribution in [1.82, 2.24) is 4.98 Å². The first-order valence-corrected chi connectivity index (χ1v) is 22.3. The van der Waals surface area contributed by atoms with Gasteiger partial charge < -0.3 is 17.8 Å². The number of furan rings is 3. The van der Waals surface area contributed by atoms with Crippen molar-refractivity contribution in [3.8, 4) is 33.4 Å². The van der Waals surface area contributed by atoms with Crippen LogP contribution in [-0.2, 0) is 4.57 Å². The number of rotatable bonds is 6. The Bertz CT molecular complexity index is 3610. The maximum absolute atomic E-state index is 15.1. The highest BCUT2D eigenvalue weighted by Gasteiger charge is 2.30. The van der Waals surface area contributed by atoms with Crippen molar-refractivity contribution in [3.05, 3.63) is 194 Å². The molecular weight excluding hydrogens is 770 g/mol. The summed E-state index contributed by atoms with van der Waals surface area (Å²) in [5, 5.41) is 8.60. The lowest BCUT2D eigenvalue weighted by Crippen LogP contribution is -2.25. The minimum atomic E-state index is -3.19. The summed E-state index contributed by atoms with van der Waals surface area (Å²) < 4.78 is 34.0. The molecule has 0 saturated carbocycles. The van der Waals surface area contributed by atoms with Gasteiger partial charge in [0.2, 0.25) is 0 Å². The number of benzene rings is 8. The van der Waals surface area contributed by atoms with E-state index in [1.165, 1.54) is 0 Å². The molecule has 12 rings (SSSR count). The van der Waals surface area contributed by atoms with Gasteiger partial charge in [0.1, 0.15) is 33.5 Å². The van der Waals surface area contributed by atoms with Crippen LogP contribution in [0.15, 0.2) is 208 Å². The Kier molecular flexibility index (Phi) is 8.80. The van der Waals surface area contributed by atoms with Gasteiger partial charge in [-0.15, -0.1) is 0 Å². The van der Waals surface area contributed by atoms with Gasteiger partial charge in [-0.1, -0.05) is 123 Å². The van der Waals surface area contributed by atoms with Crippen LogP contribution in [0.5, 0.6) is 0 Å². The summed E-state index contributed by atoms with van der Waals surface area (Å²) in [6, 6.07) is 61.4. The lowest BCUT2D eigenvalue weighted by Gasteiger charge is -2.20. The third-order valence-corrected chi connectivity index (χ3v) is 14.7. The van der Waals surface area contributed by atoms with E-state index in [0.29, 0.717) is 5.30 Å². The molecular formula is C55H38NO4P. The molecule has 0 saturated heterocycles. The van der Waals surface area contributed by atoms with Gasteiger partial charge in [-0.05, 0) is 101 Å². The van der Waals surface area contributed by atoms with E-state index < -0.39 is 7.14 Å². The second kappa shape index (κ2) is 14.7. The Hall–Kier alpha value is -7.46. The van der Waals surface area contributed by atoms with Gasteiger partial charge in [0.15, 0.2) is 7.14 Å². The number of fused-ring (bicyclic) bond motifs is 9. The van der Waals surface area contributed by atoms with Crippen LogP contribution in [0.3, 0.4) is 0 Å². The van der Waals surface area contributed by atoms with E-state index in [4.69, 9.17) is 13.3 Å². The van der Waals surface area contributed by atoms with Crippen LogP contribution in [0, 0.1) is 0 Å². The molecule has 0 aliphatic rings. The first-order valence-electron chi connectivity index (χ1n) is 20.6. The molecule has 0 amide bonds. The van der Waals surface area contributed by atoms with Crippen LogP contribution < -0.4 is 15.9 Å². The minimum absolute atomic E-state index is 0.689. The maximum Gasteiger partial charge on any atom is 0.172 e. The number of hydrogen-bond acceptors (Lipinski definition) is 5. The van der Waals surface area contributed by atoms with E-state index in [-0.39, 0.29) is 0 Å². The monoisotopic (exact) mass is 807 g/mol. The van der Waals surface area contributed by atoms with Crippen LogP contribution in [0.4, 0.5) is 0 Å². The highest BCUT2D eigenvalue weighted by Crippen LogP contribution is 2.44. The zero-order valence-corrected chi connectivity index (χ0v) is 34.4. The van der Waals surface area contributed by atoms with Gasteiger partial charge in [-0.2, -0.15) is 0 Å². The Morgan fingerprint density at radius 2 is 0.672 bits per heavy atom. The van der Waals surface area contributed by atoms with Gasteiger partial charge in [0, 0.05) is 66.2 Å². The molecule has 0 unspecified atom stereocenters. The quantitative estimate of drug-likeness (QED) is 0.157. The van der Waals surface area contributed by atoms with E-state index in [9.17, 15) is 0 Å². The fraction of sp³-hybridized carbons (Fsp3) is 0.0364. The molecule has 0 aliphatic carbocycles. The summed E-state index contributed by atoms with van der Waals surface area (Å²) in [6.07, 6.45) is 3.58. The summed E-state index contributed by atoms with van der Waals surface area (Å²) in [5.74, 6) is 0. The second-order valence-electron chi connectivity index (χ2n) is 15.1. The molecule has 6 heteroatoms. The van der Waals surface area contributed by atoms with E-state index in [1.807, 2.05) is 123 Å². The molecule has 5 nitrogen and oxygen atoms in total. The molecule has 0 fully saturated rings. The molecule has 0 atom stereocenters. The zero-order chi connectivity index (χ0) is 41.1. The van der Waals surface area contributed by atoms with Crippen LogP contribution in [0.2, 0.25) is 0 Å². The summed E-state index contributed by atoms with van der Waals surface area (Å²) in [5.41, 5.74) is 11.3. The Morgan fingerprint density at radius 3 is 1.10 bits per heavy atom. The largest absolute Gasteiger partial charge is 0.456 e. The summed E-state index contributed by atoms with van der Waals surface area (Å²) >= 11 is 0. The summed E-state index contributed by atoms with van der Waals surface area (Å²) in [7, 11) is -3.19. The van der Waals surface area contributed by atoms with E-state index in [2.05, 4.69) is 83.8 Å². The maximum atomic E-state index is 15.1. The van der Waals surface area contributed by atoms with Crippen molar-refractivity contribution in [2.75, 3.05) is 0 Å². The van der Waals surface area contributed by atoms with Crippen LogP contribution >= 0.6 is 7.14 Å². The van der Waals surface area contributed by atoms with E-state index in [1.54, 1.807) is 6.20 Å². The average Bonchev–Trinajstić information content (AvgIpc) is 4.02. The normalized spacial score (nSPS) is 11.8. The van der Waals surface area contributed by atoms with Crippen molar-refractivity contribution >= 4 is 88.9 Å². The first kappa shape index (κ1) is 36.6. The SMILES string of the molecule is CC.O=P(c1ccccc1)(c1ccccc1)c1cncc(-c2ccc3oc4ccc(-c5ccc6oc7ccc(-c8ccc9oc%10ccccc%10c9c8)cc7c6c5)cc4c3c2)c1. The number of hydrogen-bond donors (Lipinski definition) is 0. The van der Waals surface area contributed by atoms with Crippen molar-refractivity contribution in [3.63, 3.8) is 0 Å². The molecule has 61 heavy (non-hydrogen) atoms. The number of para-hydroxylation sites is 1. The first-order chi connectivity index (χ1) is 30.1. The smallest absolute Gasteiger partial charge is 0.172 e. The highest BCUT2D eigenvalue weighted by molar-refractivity contribution is 7.85. The fourth-order valence-corrected chi connectivity index (χ4v) is 11.3. The lowest BCUT2D eigenvalue weighted by molar-refractivity contribution is 0.592. The molecule has 0 spiro atoms. The Balaban J connectivity index is 0.00000207. The van der Waals surface area contributed by atoms with Gasteiger partial charge in [0.05, 0.1) is 0 Å². The average molecular weight is 808 g/mol. The predicted octanol–water partition coefficient (Wildman–Crippen LogP) is 14.4. The van der Waals surface area contributed by atoms with Gasteiger partial charge >= 0.3 is 0 Å². The standard InChI is InChI=1S/C53H32NO4P.C2H6/c55-59(39-9-3-1-4-10-39,40-11-5-2-6-12-40)41-25-38(31-54-32-41)37-19-24-53-47(30-37)46-29-36(18-23-52(46)58-53)35-17-22-51-45(28-35)44-27-34(16-21-50(44)57-51)33-15-20-49-43(26-33)42-13-7-8-14-48(42)56-49;1-2/h1-32H;1-2H3. The number of pyridine rings is 1. The highest BCUT2D eigenvalue weighted by atomic mass is 31.2.